The molecule has 2 aliphatic heterocycles. The highest BCUT2D eigenvalue weighted by Gasteiger charge is 2.43. The number of anilines is 1. The van der Waals surface area contributed by atoms with Crippen LogP contribution in [0.25, 0.3) is 0 Å². The highest BCUT2D eigenvalue weighted by Crippen LogP contribution is 2.38. The first-order valence-corrected chi connectivity index (χ1v) is 8.86. The third-order valence-electron chi connectivity index (χ3n) is 5.13. The van der Waals surface area contributed by atoms with Crippen molar-refractivity contribution in [3.63, 3.8) is 0 Å². The molecule has 2 heterocycles. The molecular formula is C19H15N5O6. The second-order valence-corrected chi connectivity index (χ2v) is 6.82. The number of benzene rings is 2. The lowest BCUT2D eigenvalue weighted by Gasteiger charge is -2.30. The Hall–Kier alpha value is -4.28. The van der Waals surface area contributed by atoms with E-state index >= 15 is 0 Å². The molecular weight excluding hydrogens is 394 g/mol. The lowest BCUT2D eigenvalue weighted by Crippen LogP contribution is -2.45. The number of non-ortho nitro benzene ring substituents is 2. The minimum Gasteiger partial charge on any atom is -0.327 e. The lowest BCUT2D eigenvalue weighted by atomic mass is 9.95. The van der Waals surface area contributed by atoms with Crippen LogP contribution in [-0.4, -0.2) is 40.3 Å². The van der Waals surface area contributed by atoms with Crippen LogP contribution >= 0.6 is 0 Å². The number of nitro benzene ring substituents is 2. The Morgan fingerprint density at radius 3 is 2.30 bits per heavy atom. The van der Waals surface area contributed by atoms with Gasteiger partial charge in [-0.2, -0.15) is 0 Å². The summed E-state index contributed by atoms with van der Waals surface area (Å²) in [5.41, 5.74) is 1.09. The Bertz CT molecular complexity index is 1140. The molecule has 2 aliphatic rings. The predicted molar refractivity (Wildman–Crippen MR) is 105 cm³/mol. The Balaban J connectivity index is 1.76. The number of amides is 3. The maximum absolute atomic E-state index is 13.3. The number of hydrogen-bond acceptors (Lipinski definition) is 6. The summed E-state index contributed by atoms with van der Waals surface area (Å²) in [6, 6.07) is 10.0. The number of hydrogen-bond donors (Lipinski definition) is 1. The second-order valence-electron chi connectivity index (χ2n) is 6.82. The number of nitrogens with zero attached hydrogens (tertiary/aromatic N) is 4. The van der Waals surface area contributed by atoms with E-state index in [1.54, 1.807) is 12.1 Å². The Morgan fingerprint density at radius 1 is 1.00 bits per heavy atom. The molecule has 2 aromatic rings. The zero-order valence-electron chi connectivity index (χ0n) is 15.6. The maximum atomic E-state index is 13.3. The van der Waals surface area contributed by atoms with Crippen LogP contribution in [0.15, 0.2) is 59.8 Å². The van der Waals surface area contributed by atoms with Crippen molar-refractivity contribution in [2.75, 3.05) is 18.5 Å². The van der Waals surface area contributed by atoms with E-state index in [-0.39, 0.29) is 23.5 Å². The first-order chi connectivity index (χ1) is 14.3. The molecule has 0 radical (unpaired) electrons. The summed E-state index contributed by atoms with van der Waals surface area (Å²) in [6.07, 6.45) is 0. The van der Waals surface area contributed by atoms with Gasteiger partial charge < -0.3 is 10.2 Å². The van der Waals surface area contributed by atoms with Crippen LogP contribution in [0, 0.1) is 20.2 Å². The van der Waals surface area contributed by atoms with Gasteiger partial charge in [0, 0.05) is 31.3 Å². The molecule has 4 rings (SSSR count). The zero-order chi connectivity index (χ0) is 21.6. The monoisotopic (exact) mass is 409 g/mol. The smallest absolute Gasteiger partial charge is 0.322 e. The predicted octanol–water partition coefficient (Wildman–Crippen LogP) is 2.50. The molecule has 1 N–H and O–H groups in total. The quantitative estimate of drug-likeness (QED) is 0.608. The normalized spacial score (nSPS) is 18.4. The summed E-state index contributed by atoms with van der Waals surface area (Å²) in [5.74, 6) is -0.436. The van der Waals surface area contributed by atoms with Gasteiger partial charge >= 0.3 is 6.03 Å². The van der Waals surface area contributed by atoms with E-state index in [2.05, 4.69) is 5.32 Å². The Labute approximate surface area is 169 Å². The van der Waals surface area contributed by atoms with Crippen LogP contribution in [0.3, 0.4) is 0 Å². The molecule has 11 heteroatoms. The second kappa shape index (κ2) is 6.95. The van der Waals surface area contributed by atoms with Gasteiger partial charge in [-0.05, 0) is 11.6 Å². The van der Waals surface area contributed by atoms with Crippen molar-refractivity contribution < 1.29 is 19.4 Å². The maximum Gasteiger partial charge on any atom is 0.322 e. The molecule has 0 aromatic heterocycles. The molecule has 0 fully saturated rings. The molecule has 2 aromatic carbocycles. The van der Waals surface area contributed by atoms with E-state index in [0.29, 0.717) is 16.9 Å². The number of rotatable bonds is 4. The van der Waals surface area contributed by atoms with Gasteiger partial charge in [0.25, 0.3) is 17.3 Å². The summed E-state index contributed by atoms with van der Waals surface area (Å²) in [4.78, 5) is 49.5. The minimum absolute atomic E-state index is 0.0463. The molecule has 0 aliphatic carbocycles. The number of likely N-dealkylation sites (N-methyl/N-ethyl adjacent to an activating group) is 1. The van der Waals surface area contributed by atoms with Crippen LogP contribution in [0.4, 0.5) is 21.9 Å². The highest BCUT2D eigenvalue weighted by molar-refractivity contribution is 6.11. The minimum atomic E-state index is -0.875. The number of carbonyl (C=O) groups is 2. The standard InChI is InChI=1S/C19H15N5O6/c1-21-15-10-22(12-5-3-7-14(9-12)24(29)30)18(25)16(15)17(20-19(21)26)11-4-2-6-13(8-11)23(27)28/h2-9,17H,10H2,1H3,(H,20,26)/t17-/m0/s1. The van der Waals surface area contributed by atoms with Crippen LogP contribution in [0.5, 0.6) is 0 Å². The summed E-state index contributed by atoms with van der Waals surface area (Å²) < 4.78 is 0. The topological polar surface area (TPSA) is 139 Å². The molecule has 0 saturated carbocycles. The van der Waals surface area contributed by atoms with Crippen LogP contribution in [0.2, 0.25) is 0 Å². The Kier molecular flexibility index (Phi) is 4.42. The fourth-order valence-corrected chi connectivity index (χ4v) is 3.62. The summed E-state index contributed by atoms with van der Waals surface area (Å²) >= 11 is 0. The molecule has 30 heavy (non-hydrogen) atoms. The molecule has 0 bridgehead atoms. The van der Waals surface area contributed by atoms with E-state index in [4.69, 9.17) is 0 Å². The van der Waals surface area contributed by atoms with E-state index in [1.165, 1.54) is 53.2 Å². The molecule has 0 spiro atoms. The van der Waals surface area contributed by atoms with Gasteiger partial charge in [0.2, 0.25) is 0 Å². The van der Waals surface area contributed by atoms with Crippen molar-refractivity contribution in [1.29, 1.82) is 0 Å². The molecule has 0 unspecified atom stereocenters. The highest BCUT2D eigenvalue weighted by atomic mass is 16.6. The van der Waals surface area contributed by atoms with Gasteiger partial charge in [-0.25, -0.2) is 4.79 Å². The van der Waals surface area contributed by atoms with Crippen molar-refractivity contribution in [2.45, 2.75) is 6.04 Å². The fraction of sp³-hybridized carbons (Fsp3) is 0.158. The number of nitrogens with one attached hydrogen (secondary N) is 1. The van der Waals surface area contributed by atoms with Gasteiger partial charge in [0.05, 0.1) is 39.4 Å². The van der Waals surface area contributed by atoms with Gasteiger partial charge in [-0.15, -0.1) is 0 Å². The SMILES string of the molecule is CN1C(=O)N[C@@H](c2cccc([N+](=O)[O-])c2)C2=C1CN(c1cccc([N+](=O)[O-])c1)C2=O. The third kappa shape index (κ3) is 3.02. The molecule has 11 nitrogen and oxygen atoms in total. The summed E-state index contributed by atoms with van der Waals surface area (Å²) in [6.45, 7) is 0.0463. The largest absolute Gasteiger partial charge is 0.327 e. The van der Waals surface area contributed by atoms with Crippen molar-refractivity contribution in [1.82, 2.24) is 10.2 Å². The summed E-state index contributed by atoms with van der Waals surface area (Å²) in [5, 5.41) is 24.9. The third-order valence-corrected chi connectivity index (χ3v) is 5.13. The van der Waals surface area contributed by atoms with Gasteiger partial charge in [-0.1, -0.05) is 18.2 Å². The number of urea groups is 1. The van der Waals surface area contributed by atoms with Gasteiger partial charge in [0.1, 0.15) is 0 Å². The first kappa shape index (κ1) is 19.1. The fourth-order valence-electron chi connectivity index (χ4n) is 3.62. The lowest BCUT2D eigenvalue weighted by molar-refractivity contribution is -0.385. The van der Waals surface area contributed by atoms with E-state index in [1.807, 2.05) is 0 Å². The molecule has 3 amide bonds. The van der Waals surface area contributed by atoms with E-state index in [9.17, 15) is 29.8 Å². The van der Waals surface area contributed by atoms with E-state index < -0.39 is 27.8 Å². The molecule has 152 valence electrons. The van der Waals surface area contributed by atoms with Gasteiger partial charge in [-0.3, -0.25) is 29.9 Å². The summed E-state index contributed by atoms with van der Waals surface area (Å²) in [7, 11) is 1.51. The van der Waals surface area contributed by atoms with Crippen molar-refractivity contribution in [2.24, 2.45) is 0 Å². The molecule has 1 atom stereocenters. The number of carbonyl (C=O) groups excluding carboxylic acids is 2. The van der Waals surface area contributed by atoms with Crippen LogP contribution in [-0.2, 0) is 4.79 Å². The van der Waals surface area contributed by atoms with Crippen molar-refractivity contribution in [3.05, 3.63) is 85.6 Å². The van der Waals surface area contributed by atoms with Crippen molar-refractivity contribution >= 4 is 29.0 Å². The first-order valence-electron chi connectivity index (χ1n) is 8.86. The van der Waals surface area contributed by atoms with Gasteiger partial charge in [0.15, 0.2) is 0 Å². The Morgan fingerprint density at radius 2 is 1.63 bits per heavy atom. The van der Waals surface area contributed by atoms with E-state index in [0.717, 1.165) is 0 Å². The zero-order valence-corrected chi connectivity index (χ0v) is 15.6. The van der Waals surface area contributed by atoms with Crippen LogP contribution in [0.1, 0.15) is 11.6 Å². The van der Waals surface area contributed by atoms with Crippen molar-refractivity contribution in [3.8, 4) is 0 Å². The average molecular weight is 409 g/mol. The average Bonchev–Trinajstić information content (AvgIpc) is 3.08. The molecule has 0 saturated heterocycles. The number of nitro groups is 2. The van der Waals surface area contributed by atoms with Crippen LogP contribution < -0.4 is 10.2 Å².